The van der Waals surface area contributed by atoms with Gasteiger partial charge in [-0.3, -0.25) is 9.80 Å². The van der Waals surface area contributed by atoms with Gasteiger partial charge in [-0.05, 0) is 51.8 Å². The van der Waals surface area contributed by atoms with Crippen LogP contribution in [0, 0.1) is 0 Å². The number of piperidine rings is 1. The lowest BCUT2D eigenvalue weighted by Crippen LogP contribution is -2.45. The van der Waals surface area contributed by atoms with Gasteiger partial charge in [0.1, 0.15) is 5.82 Å². The number of hydrogen-bond acceptors (Lipinski definition) is 5. The second-order valence-corrected chi connectivity index (χ2v) is 7.11. The predicted molar refractivity (Wildman–Crippen MR) is 120 cm³/mol. The van der Waals surface area contributed by atoms with Crippen LogP contribution in [0.1, 0.15) is 59.4 Å². The van der Waals surface area contributed by atoms with Crippen LogP contribution in [0.3, 0.4) is 0 Å². The van der Waals surface area contributed by atoms with Crippen LogP contribution in [0.5, 0.6) is 0 Å². The van der Waals surface area contributed by atoms with Crippen molar-refractivity contribution in [2.75, 3.05) is 30.4 Å². The molecule has 0 saturated carbocycles. The summed E-state index contributed by atoms with van der Waals surface area (Å²) >= 11 is 0. The molecular formula is C22H36N6O. The van der Waals surface area contributed by atoms with Crippen LogP contribution in [0.25, 0.3) is 0 Å². The zero-order valence-corrected chi connectivity index (χ0v) is 18.7. The number of aromatic nitrogens is 2. The third-order valence-corrected chi connectivity index (χ3v) is 5.16. The molecule has 1 saturated heterocycles. The van der Waals surface area contributed by atoms with Crippen molar-refractivity contribution in [1.82, 2.24) is 20.2 Å². The minimum Gasteiger partial charge on any atom is -0.351 e. The Labute approximate surface area is 175 Å². The number of carbonyl (C=O) groups excluding carboxylic acids is 1. The van der Waals surface area contributed by atoms with E-state index in [1.54, 1.807) is 16.8 Å². The summed E-state index contributed by atoms with van der Waals surface area (Å²) < 4.78 is 0. The van der Waals surface area contributed by atoms with E-state index >= 15 is 0 Å². The quantitative estimate of drug-likeness (QED) is 0.721. The maximum absolute atomic E-state index is 13.0. The molecule has 7 heteroatoms. The topological polar surface area (TPSA) is 73.4 Å². The molecule has 1 aromatic heterocycles. The highest BCUT2D eigenvalue weighted by Gasteiger charge is 2.32. The van der Waals surface area contributed by atoms with Crippen LogP contribution in [-0.2, 0) is 6.54 Å². The molecule has 1 fully saturated rings. The molecule has 0 spiro atoms. The monoisotopic (exact) mass is 400 g/mol. The molecule has 2 N–H and O–H groups in total. The molecule has 0 unspecified atom stereocenters. The van der Waals surface area contributed by atoms with Gasteiger partial charge in [0.15, 0.2) is 0 Å². The van der Waals surface area contributed by atoms with E-state index in [9.17, 15) is 4.79 Å². The smallest absolute Gasteiger partial charge is 0.330 e. The second kappa shape index (κ2) is 11.0. The lowest BCUT2D eigenvalue weighted by Gasteiger charge is -2.36. The third-order valence-electron chi connectivity index (χ3n) is 5.16. The van der Waals surface area contributed by atoms with Crippen LogP contribution < -0.4 is 15.5 Å². The van der Waals surface area contributed by atoms with E-state index in [4.69, 9.17) is 0 Å². The molecule has 7 nitrogen and oxygen atoms in total. The standard InChI is InChI=1S/C20H30N6O.C2H6/c1-5-7-14(3)17(6-2)26-13-15-12-22-19(23-16-8-10-21-11-9-16)24-18(15)25(4)20(26)27;1-2/h6-7,12,16,21H,5,8-11,13H2,1-4H3,(H,22,23,24);1-2H3/b14-7-,17-6+;. The van der Waals surface area contributed by atoms with Gasteiger partial charge in [-0.25, -0.2) is 9.78 Å². The SMILES string of the molecule is C/C=C(\C(C)=C/CC)N1Cc2cnc(NC3CCNCC3)nc2N(C)C1=O.CC. The van der Waals surface area contributed by atoms with Crippen LogP contribution in [-0.4, -0.2) is 47.1 Å². The van der Waals surface area contributed by atoms with Gasteiger partial charge in [-0.2, -0.15) is 4.98 Å². The molecular weight excluding hydrogens is 364 g/mol. The van der Waals surface area contributed by atoms with Crippen LogP contribution in [0.15, 0.2) is 29.6 Å². The molecule has 0 radical (unpaired) electrons. The van der Waals surface area contributed by atoms with E-state index in [2.05, 4.69) is 33.6 Å². The van der Waals surface area contributed by atoms with Gasteiger partial charge in [0.25, 0.3) is 0 Å². The normalized spacial score (nSPS) is 18.2. The summed E-state index contributed by atoms with van der Waals surface area (Å²) in [5.41, 5.74) is 3.00. The Morgan fingerprint density at radius 1 is 1.34 bits per heavy atom. The molecule has 1 aromatic rings. The van der Waals surface area contributed by atoms with Gasteiger partial charge >= 0.3 is 6.03 Å². The summed E-state index contributed by atoms with van der Waals surface area (Å²) in [6.45, 7) is 12.6. The van der Waals surface area contributed by atoms with E-state index in [1.807, 2.05) is 40.0 Å². The van der Waals surface area contributed by atoms with Crippen molar-refractivity contribution in [2.24, 2.45) is 0 Å². The minimum absolute atomic E-state index is 0.0639. The summed E-state index contributed by atoms with van der Waals surface area (Å²) in [5.74, 6) is 1.29. The molecule has 2 aliphatic heterocycles. The van der Waals surface area contributed by atoms with Crippen molar-refractivity contribution < 1.29 is 4.79 Å². The number of urea groups is 1. The van der Waals surface area contributed by atoms with E-state index < -0.39 is 0 Å². The second-order valence-electron chi connectivity index (χ2n) is 7.11. The van der Waals surface area contributed by atoms with Crippen LogP contribution in [0.4, 0.5) is 16.6 Å². The first-order valence-electron chi connectivity index (χ1n) is 10.8. The largest absolute Gasteiger partial charge is 0.351 e. The zero-order chi connectivity index (χ0) is 21.4. The molecule has 2 aliphatic rings. The number of nitrogens with zero attached hydrogens (tertiary/aromatic N) is 4. The average Bonchev–Trinajstić information content (AvgIpc) is 2.75. The number of anilines is 2. The van der Waals surface area contributed by atoms with Gasteiger partial charge in [-0.15, -0.1) is 0 Å². The minimum atomic E-state index is -0.0639. The van der Waals surface area contributed by atoms with E-state index in [1.165, 1.54) is 0 Å². The summed E-state index contributed by atoms with van der Waals surface area (Å²) in [7, 11) is 1.78. The van der Waals surface area contributed by atoms with Gasteiger partial charge in [0, 0.05) is 30.5 Å². The number of carbonyl (C=O) groups is 1. The summed E-state index contributed by atoms with van der Waals surface area (Å²) in [6.07, 6.45) is 9.01. The Hall–Kier alpha value is -2.41. The van der Waals surface area contributed by atoms with Crippen molar-refractivity contribution in [3.8, 4) is 0 Å². The summed E-state index contributed by atoms with van der Waals surface area (Å²) in [4.78, 5) is 25.6. The first-order valence-corrected chi connectivity index (χ1v) is 10.8. The Bertz CT molecular complexity index is 752. The molecule has 29 heavy (non-hydrogen) atoms. The highest BCUT2D eigenvalue weighted by molar-refractivity contribution is 5.94. The zero-order valence-electron chi connectivity index (χ0n) is 18.7. The van der Waals surface area contributed by atoms with Crippen molar-refractivity contribution >= 4 is 17.8 Å². The van der Waals surface area contributed by atoms with Crippen molar-refractivity contribution in [2.45, 2.75) is 66.5 Å². The number of allylic oxidation sites excluding steroid dienone is 3. The predicted octanol–water partition coefficient (Wildman–Crippen LogP) is 4.30. The van der Waals surface area contributed by atoms with Crippen molar-refractivity contribution in [3.05, 3.63) is 35.2 Å². The number of amides is 2. The molecule has 3 rings (SSSR count). The Morgan fingerprint density at radius 2 is 2.03 bits per heavy atom. The fourth-order valence-corrected chi connectivity index (χ4v) is 3.72. The Kier molecular flexibility index (Phi) is 8.64. The number of rotatable bonds is 5. The first-order chi connectivity index (χ1) is 14.0. The average molecular weight is 401 g/mol. The lowest BCUT2D eigenvalue weighted by atomic mass is 10.1. The summed E-state index contributed by atoms with van der Waals surface area (Å²) in [5, 5.41) is 6.77. The maximum Gasteiger partial charge on any atom is 0.330 e. The molecule has 0 bridgehead atoms. The maximum atomic E-state index is 13.0. The van der Waals surface area contributed by atoms with Crippen molar-refractivity contribution in [1.29, 1.82) is 0 Å². The molecule has 2 amide bonds. The first kappa shape index (κ1) is 22.9. The molecule has 0 aromatic carbocycles. The van der Waals surface area contributed by atoms with Crippen LogP contribution in [0.2, 0.25) is 0 Å². The molecule has 160 valence electrons. The van der Waals surface area contributed by atoms with Gasteiger partial charge in [0.2, 0.25) is 5.95 Å². The molecule has 0 aliphatic carbocycles. The third kappa shape index (κ3) is 5.35. The fraction of sp³-hybridized carbons (Fsp3) is 0.591. The van der Waals surface area contributed by atoms with E-state index in [0.29, 0.717) is 24.4 Å². The fourth-order valence-electron chi connectivity index (χ4n) is 3.72. The van der Waals surface area contributed by atoms with Gasteiger partial charge in [0.05, 0.1) is 6.54 Å². The number of nitrogens with one attached hydrogen (secondary N) is 2. The molecule has 3 heterocycles. The van der Waals surface area contributed by atoms with Gasteiger partial charge < -0.3 is 10.6 Å². The van der Waals surface area contributed by atoms with Gasteiger partial charge in [-0.1, -0.05) is 32.9 Å². The number of hydrogen-bond donors (Lipinski definition) is 2. The molecule has 0 atom stereocenters. The summed E-state index contributed by atoms with van der Waals surface area (Å²) in [6, 6.07) is 0.313. The lowest BCUT2D eigenvalue weighted by molar-refractivity contribution is 0.214. The Morgan fingerprint density at radius 3 is 2.66 bits per heavy atom. The number of fused-ring (bicyclic) bond motifs is 1. The van der Waals surface area contributed by atoms with Crippen molar-refractivity contribution in [3.63, 3.8) is 0 Å². The van der Waals surface area contributed by atoms with E-state index in [0.717, 1.165) is 49.2 Å². The van der Waals surface area contributed by atoms with Crippen LogP contribution >= 0.6 is 0 Å². The van der Waals surface area contributed by atoms with E-state index in [-0.39, 0.29) is 6.03 Å². The highest BCUT2D eigenvalue weighted by atomic mass is 16.2. The highest BCUT2D eigenvalue weighted by Crippen LogP contribution is 2.30. The Balaban J connectivity index is 0.00000145.